The predicted molar refractivity (Wildman–Crippen MR) is 108 cm³/mol. The molecule has 0 aliphatic carbocycles. The molecule has 0 atom stereocenters. The molecule has 4 aromatic rings. The number of halogens is 1. The maximum Gasteiger partial charge on any atom is 0.271 e. The third-order valence-corrected chi connectivity index (χ3v) is 5.56. The molecule has 27 heavy (non-hydrogen) atoms. The van der Waals surface area contributed by atoms with Crippen molar-refractivity contribution >= 4 is 54.8 Å². The van der Waals surface area contributed by atoms with Crippen LogP contribution in [0.15, 0.2) is 53.6 Å². The lowest BCUT2D eigenvalue weighted by Gasteiger charge is -2.08. The Morgan fingerprint density at radius 1 is 1.26 bits per heavy atom. The van der Waals surface area contributed by atoms with Crippen LogP contribution in [0.25, 0.3) is 20.3 Å². The van der Waals surface area contributed by atoms with E-state index in [1.165, 1.54) is 22.2 Å². The van der Waals surface area contributed by atoms with Crippen LogP contribution in [0.2, 0.25) is 5.02 Å². The van der Waals surface area contributed by atoms with E-state index in [0.29, 0.717) is 26.7 Å². The number of nitrogens with zero attached hydrogens (tertiary/aromatic N) is 2. The van der Waals surface area contributed by atoms with Crippen LogP contribution in [0.3, 0.4) is 0 Å². The molecule has 0 aliphatic rings. The molecule has 8 heteroatoms. The summed E-state index contributed by atoms with van der Waals surface area (Å²) in [5.74, 6) is 0.379. The van der Waals surface area contributed by atoms with E-state index in [0.717, 1.165) is 10.1 Å². The van der Waals surface area contributed by atoms with Crippen molar-refractivity contribution in [3.05, 3.63) is 64.2 Å². The van der Waals surface area contributed by atoms with Crippen molar-refractivity contribution < 1.29 is 9.53 Å². The normalized spacial score (nSPS) is 11.0. The van der Waals surface area contributed by atoms with Gasteiger partial charge in [0, 0.05) is 15.8 Å². The van der Waals surface area contributed by atoms with E-state index in [4.69, 9.17) is 16.3 Å². The zero-order chi connectivity index (χ0) is 19.0. The number of fused-ring (bicyclic) bond motifs is 3. The van der Waals surface area contributed by atoms with Crippen LogP contribution >= 0.6 is 22.9 Å². The third kappa shape index (κ3) is 3.27. The zero-order valence-electron chi connectivity index (χ0n) is 14.2. The second-order valence-electron chi connectivity index (χ2n) is 5.85. The van der Waals surface area contributed by atoms with Crippen LogP contribution in [0.4, 0.5) is 5.69 Å². The quantitative estimate of drug-likeness (QED) is 0.564. The standard InChI is InChI=1S/C19H14ClN3O3S/c1-26-12-7-5-11(6-8-12)22-15(24)9-23-10-21-17-16-13(20)3-2-4-14(16)27-18(17)19(23)25/h2-8,10H,9H2,1H3,(H,22,24). The van der Waals surface area contributed by atoms with Crippen LogP contribution in [0.1, 0.15) is 0 Å². The summed E-state index contributed by atoms with van der Waals surface area (Å²) in [6, 6.07) is 12.5. The van der Waals surface area contributed by atoms with Gasteiger partial charge in [-0.05, 0) is 36.4 Å². The monoisotopic (exact) mass is 399 g/mol. The molecular weight excluding hydrogens is 386 g/mol. The Bertz CT molecular complexity index is 1210. The summed E-state index contributed by atoms with van der Waals surface area (Å²) >= 11 is 7.58. The van der Waals surface area contributed by atoms with Crippen molar-refractivity contribution in [2.24, 2.45) is 0 Å². The van der Waals surface area contributed by atoms with Gasteiger partial charge >= 0.3 is 0 Å². The maximum atomic E-state index is 12.8. The zero-order valence-corrected chi connectivity index (χ0v) is 15.8. The molecule has 1 amide bonds. The van der Waals surface area contributed by atoms with Crippen LogP contribution in [-0.2, 0) is 11.3 Å². The lowest BCUT2D eigenvalue weighted by atomic mass is 10.2. The summed E-state index contributed by atoms with van der Waals surface area (Å²) in [5, 5.41) is 4.08. The Balaban J connectivity index is 1.62. The van der Waals surface area contributed by atoms with Crippen LogP contribution in [0.5, 0.6) is 5.75 Å². The molecule has 0 fully saturated rings. The van der Waals surface area contributed by atoms with Gasteiger partial charge in [-0.15, -0.1) is 11.3 Å². The first kappa shape index (κ1) is 17.5. The van der Waals surface area contributed by atoms with Gasteiger partial charge in [0.15, 0.2) is 0 Å². The second-order valence-corrected chi connectivity index (χ2v) is 7.31. The number of hydrogen-bond acceptors (Lipinski definition) is 5. The lowest BCUT2D eigenvalue weighted by Crippen LogP contribution is -2.27. The van der Waals surface area contributed by atoms with Crippen LogP contribution in [0, 0.1) is 0 Å². The summed E-state index contributed by atoms with van der Waals surface area (Å²) in [5.41, 5.74) is 0.927. The lowest BCUT2D eigenvalue weighted by molar-refractivity contribution is -0.116. The van der Waals surface area contributed by atoms with Gasteiger partial charge in [-0.2, -0.15) is 0 Å². The van der Waals surface area contributed by atoms with Crippen molar-refractivity contribution in [1.82, 2.24) is 9.55 Å². The first-order valence-corrected chi connectivity index (χ1v) is 9.26. The average Bonchev–Trinajstić information content (AvgIpc) is 3.05. The molecule has 4 rings (SSSR count). The Kier molecular flexibility index (Phi) is 4.55. The highest BCUT2D eigenvalue weighted by Crippen LogP contribution is 2.34. The molecule has 0 bridgehead atoms. The Labute approximate surface area is 163 Å². The van der Waals surface area contributed by atoms with Crippen molar-refractivity contribution in [3.8, 4) is 5.75 Å². The third-order valence-electron chi connectivity index (χ3n) is 4.11. The largest absolute Gasteiger partial charge is 0.497 e. The molecule has 0 spiro atoms. The maximum absolute atomic E-state index is 12.8. The highest BCUT2D eigenvalue weighted by Gasteiger charge is 2.15. The fourth-order valence-corrected chi connectivity index (χ4v) is 4.26. The predicted octanol–water partition coefficient (Wildman–Crippen LogP) is 3.91. The SMILES string of the molecule is COc1ccc(NC(=O)Cn2cnc3c(sc4cccc(Cl)c43)c2=O)cc1. The first-order valence-electron chi connectivity index (χ1n) is 8.07. The number of amides is 1. The van der Waals surface area contributed by atoms with Gasteiger partial charge in [0.1, 0.15) is 17.0 Å². The van der Waals surface area contributed by atoms with E-state index in [1.54, 1.807) is 37.4 Å². The summed E-state index contributed by atoms with van der Waals surface area (Å²) in [7, 11) is 1.57. The van der Waals surface area contributed by atoms with Gasteiger partial charge in [0.2, 0.25) is 5.91 Å². The topological polar surface area (TPSA) is 73.2 Å². The molecule has 2 aromatic carbocycles. The van der Waals surface area contributed by atoms with E-state index in [1.807, 2.05) is 12.1 Å². The van der Waals surface area contributed by atoms with Gasteiger partial charge in [-0.1, -0.05) is 17.7 Å². The number of ether oxygens (including phenoxy) is 1. The summed E-state index contributed by atoms with van der Waals surface area (Å²) in [4.78, 5) is 29.4. The minimum atomic E-state index is -0.317. The molecular formula is C19H14ClN3O3S. The van der Waals surface area contributed by atoms with Gasteiger partial charge < -0.3 is 10.1 Å². The second kappa shape index (κ2) is 7.02. The number of rotatable bonds is 4. The Hall–Kier alpha value is -2.90. The number of benzene rings is 2. The molecule has 0 unspecified atom stereocenters. The van der Waals surface area contributed by atoms with Crippen molar-refractivity contribution in [1.29, 1.82) is 0 Å². The molecule has 0 radical (unpaired) electrons. The number of thiophene rings is 1. The molecule has 2 heterocycles. The van der Waals surface area contributed by atoms with E-state index in [9.17, 15) is 9.59 Å². The smallest absolute Gasteiger partial charge is 0.271 e. The number of carbonyl (C=O) groups excluding carboxylic acids is 1. The molecule has 0 saturated heterocycles. The van der Waals surface area contributed by atoms with Gasteiger partial charge in [0.05, 0.1) is 24.0 Å². The number of methoxy groups -OCH3 is 1. The van der Waals surface area contributed by atoms with Crippen molar-refractivity contribution in [2.75, 3.05) is 12.4 Å². The van der Waals surface area contributed by atoms with E-state index in [-0.39, 0.29) is 18.0 Å². The van der Waals surface area contributed by atoms with Crippen molar-refractivity contribution in [3.63, 3.8) is 0 Å². The number of anilines is 1. The number of hydrogen-bond donors (Lipinski definition) is 1. The fraction of sp³-hybridized carbons (Fsp3) is 0.105. The van der Waals surface area contributed by atoms with E-state index in [2.05, 4.69) is 10.3 Å². The first-order chi connectivity index (χ1) is 13.1. The molecule has 0 aliphatic heterocycles. The van der Waals surface area contributed by atoms with Crippen LogP contribution < -0.4 is 15.6 Å². The summed E-state index contributed by atoms with van der Waals surface area (Å²) in [6.07, 6.45) is 1.38. The minimum absolute atomic E-state index is 0.129. The number of nitrogens with one attached hydrogen (secondary N) is 1. The highest BCUT2D eigenvalue weighted by molar-refractivity contribution is 7.25. The summed E-state index contributed by atoms with van der Waals surface area (Å²) < 4.78 is 7.76. The number of aromatic nitrogens is 2. The molecule has 1 N–H and O–H groups in total. The molecule has 6 nitrogen and oxygen atoms in total. The highest BCUT2D eigenvalue weighted by atomic mass is 35.5. The molecule has 2 aromatic heterocycles. The molecule has 0 saturated carbocycles. The van der Waals surface area contributed by atoms with E-state index >= 15 is 0 Å². The van der Waals surface area contributed by atoms with Crippen LogP contribution in [-0.4, -0.2) is 22.6 Å². The summed E-state index contributed by atoms with van der Waals surface area (Å²) in [6.45, 7) is -0.129. The van der Waals surface area contributed by atoms with Gasteiger partial charge in [-0.3, -0.25) is 14.2 Å². The minimum Gasteiger partial charge on any atom is -0.497 e. The fourth-order valence-electron chi connectivity index (χ4n) is 2.81. The van der Waals surface area contributed by atoms with E-state index < -0.39 is 0 Å². The Morgan fingerprint density at radius 2 is 2.04 bits per heavy atom. The number of carbonyl (C=O) groups is 1. The van der Waals surface area contributed by atoms with Crippen molar-refractivity contribution in [2.45, 2.75) is 6.54 Å². The van der Waals surface area contributed by atoms with Gasteiger partial charge in [-0.25, -0.2) is 4.98 Å². The molecule has 136 valence electrons. The Morgan fingerprint density at radius 3 is 2.78 bits per heavy atom. The average molecular weight is 400 g/mol. The van der Waals surface area contributed by atoms with Gasteiger partial charge in [0.25, 0.3) is 5.56 Å².